The zero-order valence-electron chi connectivity index (χ0n) is 18.8. The fourth-order valence-corrected chi connectivity index (χ4v) is 3.90. The molecule has 1 aliphatic rings. The normalized spacial score (nSPS) is 15.7. The number of ether oxygens (including phenoxy) is 1. The molecule has 0 saturated carbocycles. The minimum Gasteiger partial charge on any atom is -0.497 e. The molecule has 10 heteroatoms. The first-order chi connectivity index (χ1) is 15.9. The van der Waals surface area contributed by atoms with Gasteiger partial charge in [0, 0.05) is 37.0 Å². The van der Waals surface area contributed by atoms with Gasteiger partial charge in [-0.1, -0.05) is 0 Å². The van der Waals surface area contributed by atoms with Gasteiger partial charge >= 0.3 is 0 Å². The van der Waals surface area contributed by atoms with Crippen LogP contribution in [-0.4, -0.2) is 51.6 Å². The molecule has 0 bridgehead atoms. The molecule has 3 heterocycles. The van der Waals surface area contributed by atoms with Crippen molar-refractivity contribution in [2.45, 2.75) is 26.8 Å². The van der Waals surface area contributed by atoms with Crippen molar-refractivity contribution >= 4 is 17.5 Å². The number of hydrogen-bond donors (Lipinski definition) is 1. The molecular formula is C23H26N6O4. The summed E-state index contributed by atoms with van der Waals surface area (Å²) in [5.74, 6) is 0.455. The van der Waals surface area contributed by atoms with Gasteiger partial charge in [-0.2, -0.15) is 5.10 Å². The van der Waals surface area contributed by atoms with Crippen molar-refractivity contribution in [3.63, 3.8) is 0 Å². The summed E-state index contributed by atoms with van der Waals surface area (Å²) in [7, 11) is 1.58. The third-order valence-electron chi connectivity index (χ3n) is 5.58. The Morgan fingerprint density at radius 3 is 2.55 bits per heavy atom. The lowest BCUT2D eigenvalue weighted by Gasteiger charge is -2.17. The fourth-order valence-electron chi connectivity index (χ4n) is 3.90. The van der Waals surface area contributed by atoms with Crippen LogP contribution in [0.5, 0.6) is 5.75 Å². The van der Waals surface area contributed by atoms with Crippen molar-refractivity contribution < 1.29 is 14.3 Å². The average Bonchev–Trinajstić information content (AvgIpc) is 3.36. The summed E-state index contributed by atoms with van der Waals surface area (Å²) in [6, 6.07) is 12.1. The lowest BCUT2D eigenvalue weighted by atomic mass is 10.1. The highest BCUT2D eigenvalue weighted by Crippen LogP contribution is 2.26. The molecule has 4 rings (SSSR count). The van der Waals surface area contributed by atoms with E-state index < -0.39 is 5.92 Å². The van der Waals surface area contributed by atoms with Gasteiger partial charge in [-0.15, -0.1) is 5.10 Å². The predicted octanol–water partition coefficient (Wildman–Crippen LogP) is 1.22. The Hall–Kier alpha value is -3.95. The molecule has 33 heavy (non-hydrogen) atoms. The van der Waals surface area contributed by atoms with Crippen LogP contribution in [0, 0.1) is 19.8 Å². The van der Waals surface area contributed by atoms with Crippen molar-refractivity contribution in [2.24, 2.45) is 5.92 Å². The molecular weight excluding hydrogens is 424 g/mol. The Morgan fingerprint density at radius 2 is 1.88 bits per heavy atom. The average molecular weight is 450 g/mol. The van der Waals surface area contributed by atoms with Crippen LogP contribution in [0.25, 0.3) is 5.82 Å². The fraction of sp³-hybridized carbons (Fsp3) is 0.348. The summed E-state index contributed by atoms with van der Waals surface area (Å²) >= 11 is 0. The maximum absolute atomic E-state index is 12.6. The maximum atomic E-state index is 12.6. The molecule has 1 unspecified atom stereocenters. The summed E-state index contributed by atoms with van der Waals surface area (Å²) in [5, 5.41) is 11.6. The Bertz CT molecular complexity index is 1230. The number of anilines is 1. The Morgan fingerprint density at radius 1 is 1.12 bits per heavy atom. The maximum Gasteiger partial charge on any atom is 0.266 e. The second-order valence-corrected chi connectivity index (χ2v) is 7.99. The largest absolute Gasteiger partial charge is 0.497 e. The number of aromatic nitrogens is 4. The highest BCUT2D eigenvalue weighted by Gasteiger charge is 2.35. The molecule has 1 aromatic carbocycles. The van der Waals surface area contributed by atoms with E-state index in [1.165, 1.54) is 10.7 Å². The number of hydrogen-bond acceptors (Lipinski definition) is 6. The molecule has 1 N–H and O–H groups in total. The molecule has 1 fully saturated rings. The SMILES string of the molecule is COc1ccc(N2CC(C(=O)NCCn3nc(-n4nc(C)cc4C)ccc3=O)CC2=O)cc1. The third kappa shape index (κ3) is 4.79. The summed E-state index contributed by atoms with van der Waals surface area (Å²) in [4.78, 5) is 38.9. The van der Waals surface area contributed by atoms with E-state index in [2.05, 4.69) is 15.5 Å². The van der Waals surface area contributed by atoms with E-state index in [1.54, 1.807) is 47.0 Å². The number of carbonyl (C=O) groups excluding carboxylic acids is 2. The van der Waals surface area contributed by atoms with Gasteiger partial charge in [-0.05, 0) is 50.2 Å². The molecule has 2 amide bonds. The van der Waals surface area contributed by atoms with Gasteiger partial charge in [0.2, 0.25) is 11.8 Å². The number of rotatable bonds is 7. The Kier molecular flexibility index (Phi) is 6.25. The van der Waals surface area contributed by atoms with Crippen molar-refractivity contribution in [1.29, 1.82) is 0 Å². The Balaban J connectivity index is 1.36. The number of aryl methyl sites for hydroxylation is 2. The van der Waals surface area contributed by atoms with Crippen molar-refractivity contribution in [3.8, 4) is 11.6 Å². The topological polar surface area (TPSA) is 111 Å². The first-order valence-electron chi connectivity index (χ1n) is 10.7. The van der Waals surface area contributed by atoms with Gasteiger partial charge in [-0.25, -0.2) is 9.36 Å². The first-order valence-corrected chi connectivity index (χ1v) is 10.7. The van der Waals surface area contributed by atoms with Crippen molar-refractivity contribution in [2.75, 3.05) is 25.1 Å². The van der Waals surface area contributed by atoms with E-state index in [0.29, 0.717) is 18.1 Å². The van der Waals surface area contributed by atoms with E-state index >= 15 is 0 Å². The van der Waals surface area contributed by atoms with Crippen LogP contribution >= 0.6 is 0 Å². The molecule has 10 nitrogen and oxygen atoms in total. The minimum atomic E-state index is -0.453. The molecule has 0 aliphatic carbocycles. The highest BCUT2D eigenvalue weighted by atomic mass is 16.5. The zero-order chi connectivity index (χ0) is 23.5. The monoisotopic (exact) mass is 450 g/mol. The van der Waals surface area contributed by atoms with Crippen LogP contribution < -0.4 is 20.5 Å². The van der Waals surface area contributed by atoms with Crippen LogP contribution in [0.4, 0.5) is 5.69 Å². The van der Waals surface area contributed by atoms with E-state index in [9.17, 15) is 14.4 Å². The van der Waals surface area contributed by atoms with Crippen LogP contribution in [-0.2, 0) is 16.1 Å². The van der Waals surface area contributed by atoms with Crippen LogP contribution in [0.1, 0.15) is 17.8 Å². The van der Waals surface area contributed by atoms with E-state index in [4.69, 9.17) is 4.74 Å². The zero-order valence-corrected chi connectivity index (χ0v) is 18.8. The number of nitrogens with zero attached hydrogens (tertiary/aromatic N) is 5. The summed E-state index contributed by atoms with van der Waals surface area (Å²) in [5.41, 5.74) is 2.23. The van der Waals surface area contributed by atoms with Gasteiger partial charge < -0.3 is 15.0 Å². The third-order valence-corrected chi connectivity index (χ3v) is 5.58. The van der Waals surface area contributed by atoms with E-state index in [1.807, 2.05) is 19.9 Å². The van der Waals surface area contributed by atoms with Gasteiger partial charge in [0.25, 0.3) is 5.56 Å². The number of carbonyl (C=O) groups is 2. The number of benzene rings is 1. The quantitative estimate of drug-likeness (QED) is 0.580. The van der Waals surface area contributed by atoms with Gasteiger partial charge in [0.05, 0.1) is 25.3 Å². The molecule has 3 aromatic rings. The van der Waals surface area contributed by atoms with Crippen molar-refractivity contribution in [1.82, 2.24) is 24.9 Å². The molecule has 0 radical (unpaired) electrons. The Labute approximate surface area is 190 Å². The smallest absolute Gasteiger partial charge is 0.266 e. The van der Waals surface area contributed by atoms with Gasteiger partial charge in [-0.3, -0.25) is 14.4 Å². The van der Waals surface area contributed by atoms with Gasteiger partial charge in [0.15, 0.2) is 5.82 Å². The first kappa shape index (κ1) is 22.3. The molecule has 1 saturated heterocycles. The van der Waals surface area contributed by atoms with Crippen LogP contribution in [0.3, 0.4) is 0 Å². The number of methoxy groups -OCH3 is 1. The molecule has 1 aliphatic heterocycles. The molecule has 2 aromatic heterocycles. The second kappa shape index (κ2) is 9.27. The highest BCUT2D eigenvalue weighted by molar-refractivity contribution is 6.00. The number of nitrogens with one attached hydrogen (secondary N) is 1. The molecule has 0 spiro atoms. The lowest BCUT2D eigenvalue weighted by molar-refractivity contribution is -0.126. The lowest BCUT2D eigenvalue weighted by Crippen LogP contribution is -2.36. The van der Waals surface area contributed by atoms with Gasteiger partial charge in [0.1, 0.15) is 5.75 Å². The number of amides is 2. The van der Waals surface area contributed by atoms with E-state index in [0.717, 1.165) is 17.1 Å². The van der Waals surface area contributed by atoms with Crippen LogP contribution in [0.15, 0.2) is 47.3 Å². The standard InChI is InChI=1S/C23H26N6O4/c1-15-12-16(2)29(25-15)20-8-9-21(30)28(26-20)11-10-24-23(32)17-13-22(31)27(14-17)18-4-6-19(33-3)7-5-18/h4-9,12,17H,10-11,13-14H2,1-3H3,(H,24,32). The van der Waals surface area contributed by atoms with E-state index in [-0.39, 0.29) is 36.9 Å². The van der Waals surface area contributed by atoms with Crippen LogP contribution in [0.2, 0.25) is 0 Å². The summed E-state index contributed by atoms with van der Waals surface area (Å²) in [6.07, 6.45) is 0.142. The minimum absolute atomic E-state index is 0.101. The molecule has 1 atom stereocenters. The second-order valence-electron chi connectivity index (χ2n) is 7.99. The predicted molar refractivity (Wildman–Crippen MR) is 122 cm³/mol. The summed E-state index contributed by atoms with van der Waals surface area (Å²) in [6.45, 7) is 4.54. The van der Waals surface area contributed by atoms with Crippen molar-refractivity contribution in [3.05, 3.63) is 64.2 Å². The summed E-state index contributed by atoms with van der Waals surface area (Å²) < 4.78 is 8.11. The molecule has 172 valence electrons.